The Kier molecular flexibility index (Phi) is 6.91. The van der Waals surface area contributed by atoms with Crippen LogP contribution in [0.1, 0.15) is 5.56 Å². The van der Waals surface area contributed by atoms with Gasteiger partial charge in [0.15, 0.2) is 17.5 Å². The van der Waals surface area contributed by atoms with E-state index in [0.29, 0.717) is 24.0 Å². The highest BCUT2D eigenvalue weighted by Crippen LogP contribution is 2.39. The highest BCUT2D eigenvalue weighted by atomic mass is 79.9. The Morgan fingerprint density at radius 3 is 1.96 bits per heavy atom. The van der Waals surface area contributed by atoms with E-state index in [9.17, 15) is 0 Å². The molecule has 0 saturated carbocycles. The molecule has 0 aliphatic rings. The fourth-order valence-electron chi connectivity index (χ4n) is 6.33. The Morgan fingerprint density at radius 1 is 0.542 bits per heavy atom. The van der Waals surface area contributed by atoms with Gasteiger partial charge < -0.3 is 8.98 Å². The van der Waals surface area contributed by atoms with Gasteiger partial charge in [-0.2, -0.15) is 0 Å². The van der Waals surface area contributed by atoms with Crippen LogP contribution in [0.5, 0.6) is 0 Å². The van der Waals surface area contributed by atoms with Crippen LogP contribution in [0.3, 0.4) is 0 Å². The van der Waals surface area contributed by atoms with E-state index in [4.69, 9.17) is 24.4 Å². The summed E-state index contributed by atoms with van der Waals surface area (Å²) in [5.74, 6) is 2.71. The Hall–Kier alpha value is -5.92. The zero-order chi connectivity index (χ0) is 32.0. The van der Waals surface area contributed by atoms with E-state index in [1.807, 2.05) is 91.0 Å². The molecular formula is C41H26BrN5O. The fraction of sp³-hybridized carbons (Fsp3) is 0.0244. The van der Waals surface area contributed by atoms with Crippen molar-refractivity contribution in [2.45, 2.75) is 6.54 Å². The number of hydrogen-bond donors (Lipinski definition) is 0. The third-order valence-corrected chi connectivity index (χ3v) is 9.41. The molecule has 0 spiro atoms. The van der Waals surface area contributed by atoms with Crippen LogP contribution in [0, 0.1) is 0 Å². The Bertz CT molecular complexity index is 2550. The largest absolute Gasteiger partial charge is 0.456 e. The maximum atomic E-state index is 6.43. The van der Waals surface area contributed by atoms with Crippen LogP contribution in [-0.2, 0) is 6.54 Å². The molecular weight excluding hydrogens is 658 g/mol. The highest BCUT2D eigenvalue weighted by Gasteiger charge is 2.20. The first-order valence-electron chi connectivity index (χ1n) is 15.7. The van der Waals surface area contributed by atoms with Crippen molar-refractivity contribution in [3.05, 3.63) is 156 Å². The first-order chi connectivity index (χ1) is 23.7. The molecule has 3 heterocycles. The molecule has 228 valence electrons. The molecule has 9 rings (SSSR count). The number of fused-ring (bicyclic) bond motifs is 4. The molecule has 6 nitrogen and oxygen atoms in total. The first kappa shape index (κ1) is 28.3. The number of imidazole rings is 1. The van der Waals surface area contributed by atoms with Crippen LogP contribution >= 0.6 is 15.9 Å². The molecule has 0 amide bonds. The SMILES string of the molecule is Brc1ccccc1Cn1c(-c2ccc3oc4cccc(-c5nc(-c6ccccc6)nc(-c6ccccc6)n5)c4c3c2)nc2ccccc21. The van der Waals surface area contributed by atoms with Gasteiger partial charge in [0.25, 0.3) is 0 Å². The van der Waals surface area contributed by atoms with Crippen molar-refractivity contribution in [2.75, 3.05) is 0 Å². The molecule has 9 aromatic rings. The number of para-hydroxylation sites is 2. The minimum atomic E-state index is 0.586. The van der Waals surface area contributed by atoms with Gasteiger partial charge in [0.1, 0.15) is 17.0 Å². The molecule has 0 fully saturated rings. The molecule has 0 atom stereocenters. The topological polar surface area (TPSA) is 69.6 Å². The van der Waals surface area contributed by atoms with Crippen molar-refractivity contribution in [1.82, 2.24) is 24.5 Å². The van der Waals surface area contributed by atoms with Gasteiger partial charge in [0.2, 0.25) is 0 Å². The lowest BCUT2D eigenvalue weighted by Gasteiger charge is -2.11. The average Bonchev–Trinajstić information content (AvgIpc) is 3.71. The molecule has 0 radical (unpaired) electrons. The van der Waals surface area contributed by atoms with Crippen LogP contribution in [0.4, 0.5) is 0 Å². The Balaban J connectivity index is 1.25. The van der Waals surface area contributed by atoms with Crippen LogP contribution in [-0.4, -0.2) is 24.5 Å². The lowest BCUT2D eigenvalue weighted by Crippen LogP contribution is -2.03. The van der Waals surface area contributed by atoms with Crippen LogP contribution in [0.15, 0.2) is 154 Å². The summed E-state index contributed by atoms with van der Waals surface area (Å²) in [5.41, 5.74) is 8.48. The minimum absolute atomic E-state index is 0.586. The second-order valence-corrected chi connectivity index (χ2v) is 12.5. The number of benzene rings is 6. The smallest absolute Gasteiger partial charge is 0.164 e. The van der Waals surface area contributed by atoms with E-state index in [0.717, 1.165) is 65.5 Å². The second-order valence-electron chi connectivity index (χ2n) is 11.6. The van der Waals surface area contributed by atoms with Gasteiger partial charge >= 0.3 is 0 Å². The lowest BCUT2D eigenvalue weighted by atomic mass is 10.0. The molecule has 48 heavy (non-hydrogen) atoms. The average molecular weight is 685 g/mol. The number of hydrogen-bond acceptors (Lipinski definition) is 5. The van der Waals surface area contributed by atoms with E-state index in [2.05, 4.69) is 75.1 Å². The van der Waals surface area contributed by atoms with Crippen LogP contribution in [0.25, 0.3) is 78.5 Å². The summed E-state index contributed by atoms with van der Waals surface area (Å²) in [4.78, 5) is 20.1. The monoisotopic (exact) mass is 683 g/mol. The number of furan rings is 1. The van der Waals surface area contributed by atoms with Gasteiger partial charge in [-0.3, -0.25) is 0 Å². The van der Waals surface area contributed by atoms with Gasteiger partial charge in [-0.05, 0) is 48.0 Å². The van der Waals surface area contributed by atoms with Gasteiger partial charge in [-0.25, -0.2) is 19.9 Å². The zero-order valence-corrected chi connectivity index (χ0v) is 27.2. The summed E-state index contributed by atoms with van der Waals surface area (Å²) in [6.45, 7) is 0.669. The maximum absolute atomic E-state index is 6.43. The van der Waals surface area contributed by atoms with Gasteiger partial charge in [0.05, 0.1) is 17.6 Å². The number of rotatable bonds is 6. The van der Waals surface area contributed by atoms with Gasteiger partial charge in [0, 0.05) is 37.5 Å². The standard InChI is InChI=1S/C41H26BrN5O/c42-32-18-8-7-16-29(32)25-47-34-20-10-9-19-33(34)43-41(47)28-22-23-35-31(24-28)37-30(17-11-21-36(37)48-35)40-45-38(26-12-3-1-4-13-26)44-39(46-40)27-14-5-2-6-15-27/h1-24H,25H2. The van der Waals surface area contributed by atoms with E-state index >= 15 is 0 Å². The molecule has 7 heteroatoms. The minimum Gasteiger partial charge on any atom is -0.456 e. The molecule has 0 saturated heterocycles. The highest BCUT2D eigenvalue weighted by molar-refractivity contribution is 9.10. The summed E-state index contributed by atoms with van der Waals surface area (Å²) < 4.78 is 9.78. The number of aromatic nitrogens is 5. The van der Waals surface area contributed by atoms with Crippen molar-refractivity contribution in [2.24, 2.45) is 0 Å². The van der Waals surface area contributed by atoms with Crippen LogP contribution < -0.4 is 0 Å². The summed E-state index contributed by atoms with van der Waals surface area (Å²) in [6, 6.07) is 49.0. The van der Waals surface area contributed by atoms with E-state index in [-0.39, 0.29) is 0 Å². The summed E-state index contributed by atoms with van der Waals surface area (Å²) in [7, 11) is 0. The van der Waals surface area contributed by atoms with Gasteiger partial charge in [-0.15, -0.1) is 0 Å². The predicted molar refractivity (Wildman–Crippen MR) is 195 cm³/mol. The summed E-state index contributed by atoms with van der Waals surface area (Å²) >= 11 is 3.75. The third kappa shape index (κ3) is 4.96. The normalized spacial score (nSPS) is 11.5. The van der Waals surface area contributed by atoms with Gasteiger partial charge in [-0.1, -0.05) is 119 Å². The predicted octanol–water partition coefficient (Wildman–Crippen LogP) is 10.6. The fourth-order valence-corrected chi connectivity index (χ4v) is 6.74. The second kappa shape index (κ2) is 11.7. The Morgan fingerprint density at radius 2 is 1.21 bits per heavy atom. The molecule has 0 unspecified atom stereocenters. The third-order valence-electron chi connectivity index (χ3n) is 8.63. The molecule has 0 bridgehead atoms. The molecule has 6 aromatic carbocycles. The van der Waals surface area contributed by atoms with Crippen molar-refractivity contribution in [3.63, 3.8) is 0 Å². The van der Waals surface area contributed by atoms with E-state index in [1.54, 1.807) is 0 Å². The molecule has 0 aliphatic carbocycles. The van der Waals surface area contributed by atoms with Crippen molar-refractivity contribution < 1.29 is 4.42 Å². The first-order valence-corrected chi connectivity index (χ1v) is 16.5. The summed E-state index contributed by atoms with van der Waals surface area (Å²) in [5, 5.41) is 1.92. The Labute approximate surface area is 284 Å². The quantitative estimate of drug-likeness (QED) is 0.174. The molecule has 3 aromatic heterocycles. The van der Waals surface area contributed by atoms with Crippen LogP contribution in [0.2, 0.25) is 0 Å². The molecule has 0 aliphatic heterocycles. The maximum Gasteiger partial charge on any atom is 0.164 e. The van der Waals surface area contributed by atoms with E-state index in [1.165, 1.54) is 5.56 Å². The molecule has 0 N–H and O–H groups in total. The van der Waals surface area contributed by atoms with E-state index < -0.39 is 0 Å². The number of nitrogens with zero attached hydrogens (tertiary/aromatic N) is 5. The summed E-state index contributed by atoms with van der Waals surface area (Å²) in [6.07, 6.45) is 0. The van der Waals surface area contributed by atoms with Crippen molar-refractivity contribution >= 4 is 48.9 Å². The van der Waals surface area contributed by atoms with Crippen molar-refractivity contribution in [3.8, 4) is 45.6 Å². The van der Waals surface area contributed by atoms with Crippen molar-refractivity contribution in [1.29, 1.82) is 0 Å². The number of halogens is 1. The lowest BCUT2D eigenvalue weighted by molar-refractivity contribution is 0.669. The zero-order valence-electron chi connectivity index (χ0n) is 25.6.